The predicted octanol–water partition coefficient (Wildman–Crippen LogP) is 14.5. The molecule has 0 saturated heterocycles. The molecule has 2 nitrogen and oxygen atoms in total. The summed E-state index contributed by atoms with van der Waals surface area (Å²) in [5, 5.41) is 8.69. The molecule has 0 saturated carbocycles. The second-order valence-corrected chi connectivity index (χ2v) is 14.6. The zero-order valence-electron chi connectivity index (χ0n) is 30.3. The molecule has 0 bridgehead atoms. The predicted molar refractivity (Wildman–Crippen MR) is 234 cm³/mol. The van der Waals surface area contributed by atoms with Gasteiger partial charge in [-0.1, -0.05) is 152 Å². The Labute approximate surface area is 320 Å². The SMILES string of the molecule is C1=CCCC(n2c3ccccc3c3cc(-c4ccc(-c5cccc(-c6cc(-c7ccccc7)nc7ccc8ccccc8c67)c5)c5ccccc45)ccc32)=C1. The van der Waals surface area contributed by atoms with Gasteiger partial charge in [0.1, 0.15) is 0 Å². The van der Waals surface area contributed by atoms with Crippen molar-refractivity contribution in [1.82, 2.24) is 9.55 Å². The minimum absolute atomic E-state index is 0.978. The van der Waals surface area contributed by atoms with E-state index in [1.54, 1.807) is 0 Å². The van der Waals surface area contributed by atoms with Crippen molar-refractivity contribution in [2.24, 2.45) is 0 Å². The van der Waals surface area contributed by atoms with E-state index in [9.17, 15) is 0 Å². The Bertz CT molecular complexity index is 3200. The molecule has 8 aromatic carbocycles. The third-order valence-corrected chi connectivity index (χ3v) is 11.4. The molecule has 0 N–H and O–H groups in total. The van der Waals surface area contributed by atoms with Gasteiger partial charge >= 0.3 is 0 Å². The van der Waals surface area contributed by atoms with Gasteiger partial charge in [-0.15, -0.1) is 0 Å². The largest absolute Gasteiger partial charge is 0.313 e. The molecule has 2 heteroatoms. The van der Waals surface area contributed by atoms with Crippen molar-refractivity contribution in [2.75, 3.05) is 0 Å². The van der Waals surface area contributed by atoms with Crippen molar-refractivity contribution < 1.29 is 0 Å². The normalized spacial score (nSPS) is 13.0. The van der Waals surface area contributed by atoms with Gasteiger partial charge in [0.05, 0.1) is 22.2 Å². The highest BCUT2D eigenvalue weighted by atomic mass is 15.0. The van der Waals surface area contributed by atoms with Crippen LogP contribution in [0.15, 0.2) is 194 Å². The van der Waals surface area contributed by atoms with Crippen molar-refractivity contribution in [2.45, 2.75) is 12.8 Å². The highest BCUT2D eigenvalue weighted by Gasteiger charge is 2.18. The third kappa shape index (κ3) is 5.21. The van der Waals surface area contributed by atoms with Gasteiger partial charge in [-0.2, -0.15) is 0 Å². The molecule has 0 unspecified atom stereocenters. The molecule has 0 fully saturated rings. The van der Waals surface area contributed by atoms with Crippen LogP contribution >= 0.6 is 0 Å². The first kappa shape index (κ1) is 31.5. The first-order valence-electron chi connectivity index (χ1n) is 19.2. The molecule has 11 rings (SSSR count). The average molecular weight is 701 g/mol. The van der Waals surface area contributed by atoms with Crippen molar-refractivity contribution >= 4 is 60.0 Å². The van der Waals surface area contributed by atoms with E-state index in [2.05, 4.69) is 199 Å². The van der Waals surface area contributed by atoms with Crippen molar-refractivity contribution in [3.63, 3.8) is 0 Å². The maximum atomic E-state index is 5.20. The molecule has 2 aromatic heterocycles. The van der Waals surface area contributed by atoms with Crippen LogP contribution in [0.3, 0.4) is 0 Å². The minimum Gasteiger partial charge on any atom is -0.313 e. The highest BCUT2D eigenvalue weighted by Crippen LogP contribution is 2.42. The Morgan fingerprint density at radius 1 is 0.436 bits per heavy atom. The van der Waals surface area contributed by atoms with Gasteiger partial charge in [-0.05, 0) is 110 Å². The molecule has 1 aliphatic rings. The van der Waals surface area contributed by atoms with E-state index in [0.29, 0.717) is 0 Å². The molecule has 0 atom stereocenters. The maximum absolute atomic E-state index is 5.20. The summed E-state index contributed by atoms with van der Waals surface area (Å²) in [5.74, 6) is 0. The third-order valence-electron chi connectivity index (χ3n) is 11.4. The summed E-state index contributed by atoms with van der Waals surface area (Å²) >= 11 is 0. The monoisotopic (exact) mass is 700 g/mol. The van der Waals surface area contributed by atoms with E-state index in [0.717, 1.165) is 29.6 Å². The zero-order chi connectivity index (χ0) is 36.3. The zero-order valence-corrected chi connectivity index (χ0v) is 30.3. The van der Waals surface area contributed by atoms with Gasteiger partial charge in [-0.25, -0.2) is 4.98 Å². The maximum Gasteiger partial charge on any atom is 0.0722 e. The first-order valence-corrected chi connectivity index (χ1v) is 19.2. The van der Waals surface area contributed by atoms with Crippen LogP contribution in [0.2, 0.25) is 0 Å². The first-order chi connectivity index (χ1) is 27.3. The summed E-state index contributed by atoms with van der Waals surface area (Å²) in [5.41, 5.74) is 14.2. The van der Waals surface area contributed by atoms with Crippen LogP contribution in [0.1, 0.15) is 12.8 Å². The summed E-state index contributed by atoms with van der Waals surface area (Å²) in [6.45, 7) is 0. The lowest BCUT2D eigenvalue weighted by Gasteiger charge is -2.16. The molecule has 55 heavy (non-hydrogen) atoms. The smallest absolute Gasteiger partial charge is 0.0722 e. The second-order valence-electron chi connectivity index (χ2n) is 14.6. The van der Waals surface area contributed by atoms with E-state index in [1.807, 2.05) is 0 Å². The summed E-state index contributed by atoms with van der Waals surface area (Å²) in [7, 11) is 0. The summed E-state index contributed by atoms with van der Waals surface area (Å²) < 4.78 is 2.46. The fourth-order valence-electron chi connectivity index (χ4n) is 8.87. The van der Waals surface area contributed by atoms with Crippen LogP contribution in [0.4, 0.5) is 0 Å². The fraction of sp³-hybridized carbons (Fsp3) is 0.0377. The van der Waals surface area contributed by atoms with E-state index in [1.165, 1.54) is 87.8 Å². The quantitative estimate of drug-likeness (QED) is 0.163. The average Bonchev–Trinajstić information content (AvgIpc) is 3.60. The van der Waals surface area contributed by atoms with Crippen molar-refractivity contribution in [3.05, 3.63) is 194 Å². The lowest BCUT2D eigenvalue weighted by molar-refractivity contribution is 0.979. The van der Waals surface area contributed by atoms with Crippen LogP contribution in [0.5, 0.6) is 0 Å². The van der Waals surface area contributed by atoms with Crippen LogP contribution in [0, 0.1) is 0 Å². The number of fused-ring (bicyclic) bond motifs is 7. The molecule has 0 amide bonds. The van der Waals surface area contributed by atoms with Gasteiger partial charge in [0, 0.05) is 27.4 Å². The van der Waals surface area contributed by atoms with Crippen LogP contribution in [0.25, 0.3) is 105 Å². The molecule has 0 spiro atoms. The molecule has 0 aliphatic heterocycles. The number of hydrogen-bond acceptors (Lipinski definition) is 1. The topological polar surface area (TPSA) is 17.8 Å². The van der Waals surface area contributed by atoms with Gasteiger partial charge in [0.2, 0.25) is 0 Å². The Morgan fingerprint density at radius 3 is 1.87 bits per heavy atom. The number of hydrogen-bond donors (Lipinski definition) is 0. The minimum atomic E-state index is 0.978. The molecule has 10 aromatic rings. The molecule has 1 aliphatic carbocycles. The summed E-state index contributed by atoms with van der Waals surface area (Å²) in [4.78, 5) is 5.20. The highest BCUT2D eigenvalue weighted by molar-refractivity contribution is 6.15. The van der Waals surface area contributed by atoms with Crippen LogP contribution in [-0.2, 0) is 0 Å². The van der Waals surface area contributed by atoms with E-state index in [4.69, 9.17) is 4.98 Å². The molecule has 258 valence electrons. The molecular formula is C53H36N2. The lowest BCUT2D eigenvalue weighted by Crippen LogP contribution is -1.98. The van der Waals surface area contributed by atoms with Crippen molar-refractivity contribution in [3.8, 4) is 44.6 Å². The van der Waals surface area contributed by atoms with Gasteiger partial charge in [0.25, 0.3) is 0 Å². The van der Waals surface area contributed by atoms with Gasteiger partial charge in [0.15, 0.2) is 0 Å². The lowest BCUT2D eigenvalue weighted by atomic mass is 9.89. The molecule has 0 radical (unpaired) electrons. The Morgan fingerprint density at radius 2 is 1.09 bits per heavy atom. The standard InChI is InChI=1S/C53H36N2/c1-3-15-36(16-4-1)50-34-47(53-43-21-8-7-14-35(43)26-30-49(53)54-50)38-18-13-17-37(32-38)41-28-29-42(45-23-10-9-22-44(41)45)39-27-31-52-48(33-39)46-24-11-12-25-51(46)55(52)40-19-5-2-6-20-40/h1-5,7-19,21-34H,6,20H2. The summed E-state index contributed by atoms with van der Waals surface area (Å²) in [6, 6.07) is 64.3. The fourth-order valence-corrected chi connectivity index (χ4v) is 8.87. The van der Waals surface area contributed by atoms with Gasteiger partial charge in [-0.3, -0.25) is 0 Å². The Hall–Kier alpha value is -7.03. The Kier molecular flexibility index (Phi) is 7.34. The van der Waals surface area contributed by atoms with E-state index >= 15 is 0 Å². The number of para-hydroxylation sites is 1. The van der Waals surface area contributed by atoms with Gasteiger partial charge < -0.3 is 4.57 Å². The summed E-state index contributed by atoms with van der Waals surface area (Å²) in [6.07, 6.45) is 8.84. The number of rotatable bonds is 5. The number of aromatic nitrogens is 2. The second kappa shape index (κ2) is 12.8. The molecule has 2 heterocycles. The number of benzene rings is 8. The van der Waals surface area contributed by atoms with Crippen LogP contribution < -0.4 is 0 Å². The number of nitrogens with zero attached hydrogens (tertiary/aromatic N) is 2. The number of allylic oxidation sites excluding steroid dienone is 4. The van der Waals surface area contributed by atoms with E-state index in [-0.39, 0.29) is 0 Å². The molecular weight excluding hydrogens is 665 g/mol. The number of pyridine rings is 1. The van der Waals surface area contributed by atoms with Crippen LogP contribution in [-0.4, -0.2) is 9.55 Å². The van der Waals surface area contributed by atoms with E-state index < -0.39 is 0 Å². The Balaban J connectivity index is 1.07. The van der Waals surface area contributed by atoms with Crippen molar-refractivity contribution in [1.29, 1.82) is 0 Å².